The van der Waals surface area contributed by atoms with Crippen molar-refractivity contribution in [3.63, 3.8) is 0 Å². The van der Waals surface area contributed by atoms with Crippen molar-refractivity contribution >= 4 is 6.09 Å². The number of ether oxygens (including phenoxy) is 1. The predicted octanol–water partition coefficient (Wildman–Crippen LogP) is 3.38. The molecular formula is C15H17F2N3O2. The third-order valence-electron chi connectivity index (χ3n) is 2.66. The molecule has 0 radical (unpaired) electrons. The second-order valence-corrected chi connectivity index (χ2v) is 5.73. The van der Waals surface area contributed by atoms with Gasteiger partial charge in [0.25, 0.3) is 0 Å². The fourth-order valence-corrected chi connectivity index (χ4v) is 1.73. The van der Waals surface area contributed by atoms with Crippen LogP contribution in [0.1, 0.15) is 26.6 Å². The Hall–Kier alpha value is -2.44. The van der Waals surface area contributed by atoms with Crippen molar-refractivity contribution in [1.82, 2.24) is 15.3 Å². The predicted molar refractivity (Wildman–Crippen MR) is 77.0 cm³/mol. The molecular weight excluding hydrogens is 292 g/mol. The molecule has 0 saturated heterocycles. The van der Waals surface area contributed by atoms with Gasteiger partial charge in [0.1, 0.15) is 11.4 Å². The number of nitrogens with one attached hydrogen (secondary N) is 2. The zero-order valence-corrected chi connectivity index (χ0v) is 12.5. The Morgan fingerprint density at radius 3 is 2.68 bits per heavy atom. The molecule has 0 fully saturated rings. The number of carbonyl (C=O) groups is 1. The van der Waals surface area contributed by atoms with Crippen LogP contribution in [-0.4, -0.2) is 21.7 Å². The monoisotopic (exact) mass is 309 g/mol. The maximum Gasteiger partial charge on any atom is 0.408 e. The third kappa shape index (κ3) is 4.28. The van der Waals surface area contributed by atoms with E-state index in [0.717, 1.165) is 12.1 Å². The number of rotatable bonds is 3. The molecule has 1 aromatic carbocycles. The highest BCUT2D eigenvalue weighted by atomic mass is 19.2. The molecule has 0 saturated carbocycles. The number of aromatic amines is 1. The normalized spacial score (nSPS) is 11.3. The topological polar surface area (TPSA) is 67.0 Å². The lowest BCUT2D eigenvalue weighted by Gasteiger charge is -2.19. The summed E-state index contributed by atoms with van der Waals surface area (Å²) in [5.41, 5.74) is 0.416. The highest BCUT2D eigenvalue weighted by Crippen LogP contribution is 2.19. The first-order valence-electron chi connectivity index (χ1n) is 6.71. The molecule has 2 N–H and O–H groups in total. The van der Waals surface area contributed by atoms with Gasteiger partial charge in [-0.3, -0.25) is 0 Å². The summed E-state index contributed by atoms with van der Waals surface area (Å²) in [4.78, 5) is 18.5. The molecule has 22 heavy (non-hydrogen) atoms. The van der Waals surface area contributed by atoms with E-state index in [-0.39, 0.29) is 6.54 Å². The minimum atomic E-state index is -0.930. The summed E-state index contributed by atoms with van der Waals surface area (Å²) >= 11 is 0. The number of amides is 1. The largest absolute Gasteiger partial charge is 0.444 e. The van der Waals surface area contributed by atoms with E-state index in [1.807, 2.05) is 0 Å². The highest BCUT2D eigenvalue weighted by Gasteiger charge is 2.16. The quantitative estimate of drug-likeness (QED) is 0.913. The first-order valence-corrected chi connectivity index (χ1v) is 6.71. The average molecular weight is 309 g/mol. The van der Waals surface area contributed by atoms with Gasteiger partial charge in [-0.25, -0.2) is 18.6 Å². The lowest BCUT2D eigenvalue weighted by molar-refractivity contribution is 0.0522. The molecule has 1 aromatic heterocycles. The summed E-state index contributed by atoms with van der Waals surface area (Å²) in [6, 6.07) is 3.56. The van der Waals surface area contributed by atoms with Gasteiger partial charge in [-0.1, -0.05) is 0 Å². The minimum Gasteiger partial charge on any atom is -0.444 e. The maximum absolute atomic E-state index is 13.2. The minimum absolute atomic E-state index is 0.137. The molecule has 1 heterocycles. The number of halogens is 2. The van der Waals surface area contributed by atoms with Gasteiger partial charge in [-0.05, 0) is 39.0 Å². The van der Waals surface area contributed by atoms with E-state index in [1.165, 1.54) is 12.3 Å². The SMILES string of the molecule is CC(C)(C)OC(=O)NCc1ncc(-c2ccc(F)c(F)c2)[nH]1. The maximum atomic E-state index is 13.2. The van der Waals surface area contributed by atoms with Gasteiger partial charge >= 0.3 is 6.09 Å². The number of carbonyl (C=O) groups excluding carboxylic acids is 1. The van der Waals surface area contributed by atoms with Gasteiger partial charge in [-0.2, -0.15) is 0 Å². The van der Waals surface area contributed by atoms with Gasteiger partial charge in [0.05, 0.1) is 18.4 Å². The molecule has 2 rings (SSSR count). The van der Waals surface area contributed by atoms with Crippen LogP contribution in [0.4, 0.5) is 13.6 Å². The number of aromatic nitrogens is 2. The molecule has 118 valence electrons. The van der Waals surface area contributed by atoms with Crippen LogP contribution >= 0.6 is 0 Å². The highest BCUT2D eigenvalue weighted by molar-refractivity contribution is 5.67. The molecule has 0 bridgehead atoms. The van der Waals surface area contributed by atoms with Crippen molar-refractivity contribution in [2.45, 2.75) is 32.9 Å². The Kier molecular flexibility index (Phi) is 4.44. The second kappa shape index (κ2) is 6.13. The number of hydrogen-bond acceptors (Lipinski definition) is 3. The lowest BCUT2D eigenvalue weighted by atomic mass is 10.1. The van der Waals surface area contributed by atoms with Crippen molar-refractivity contribution in [2.24, 2.45) is 0 Å². The van der Waals surface area contributed by atoms with E-state index in [0.29, 0.717) is 17.1 Å². The average Bonchev–Trinajstić information content (AvgIpc) is 2.86. The zero-order valence-electron chi connectivity index (χ0n) is 12.5. The van der Waals surface area contributed by atoms with E-state index in [4.69, 9.17) is 4.74 Å². The molecule has 0 aliphatic carbocycles. The summed E-state index contributed by atoms with van der Waals surface area (Å²) in [7, 11) is 0. The van der Waals surface area contributed by atoms with Crippen molar-refractivity contribution < 1.29 is 18.3 Å². The van der Waals surface area contributed by atoms with Crippen LogP contribution in [0.5, 0.6) is 0 Å². The molecule has 0 spiro atoms. The van der Waals surface area contributed by atoms with Crippen molar-refractivity contribution in [2.75, 3.05) is 0 Å². The third-order valence-corrected chi connectivity index (χ3v) is 2.66. The Bertz CT molecular complexity index is 678. The summed E-state index contributed by atoms with van der Waals surface area (Å²) in [5.74, 6) is -1.36. The zero-order chi connectivity index (χ0) is 16.3. The van der Waals surface area contributed by atoms with Crippen LogP contribution in [0.15, 0.2) is 24.4 Å². The van der Waals surface area contributed by atoms with Crippen LogP contribution in [0.25, 0.3) is 11.3 Å². The summed E-state index contributed by atoms with van der Waals surface area (Å²) in [5, 5.41) is 2.55. The van der Waals surface area contributed by atoms with Crippen LogP contribution in [0, 0.1) is 11.6 Å². The number of imidazole rings is 1. The van der Waals surface area contributed by atoms with E-state index >= 15 is 0 Å². The van der Waals surface area contributed by atoms with Crippen LogP contribution in [0.3, 0.4) is 0 Å². The number of nitrogens with zero attached hydrogens (tertiary/aromatic N) is 1. The molecule has 1 amide bonds. The van der Waals surface area contributed by atoms with E-state index < -0.39 is 23.3 Å². The number of alkyl carbamates (subject to hydrolysis) is 1. The van der Waals surface area contributed by atoms with Gasteiger partial charge in [-0.15, -0.1) is 0 Å². The molecule has 2 aromatic rings. The standard InChI is InChI=1S/C15H17F2N3O2/c1-15(2,3)22-14(21)19-8-13-18-7-12(20-13)9-4-5-10(16)11(17)6-9/h4-7H,8H2,1-3H3,(H,18,20)(H,19,21). The Balaban J connectivity index is 1.99. The Morgan fingerprint density at radius 2 is 2.05 bits per heavy atom. The van der Waals surface area contributed by atoms with Crippen molar-refractivity contribution in [1.29, 1.82) is 0 Å². The first kappa shape index (κ1) is 15.9. The van der Waals surface area contributed by atoms with E-state index in [1.54, 1.807) is 20.8 Å². The molecule has 5 nitrogen and oxygen atoms in total. The molecule has 7 heteroatoms. The van der Waals surface area contributed by atoms with Crippen LogP contribution < -0.4 is 5.32 Å². The second-order valence-electron chi connectivity index (χ2n) is 5.73. The van der Waals surface area contributed by atoms with Crippen molar-refractivity contribution in [3.8, 4) is 11.3 Å². The summed E-state index contributed by atoms with van der Waals surface area (Å²) in [6.45, 7) is 5.43. The molecule has 0 aliphatic rings. The fraction of sp³-hybridized carbons (Fsp3) is 0.333. The Morgan fingerprint density at radius 1 is 1.32 bits per heavy atom. The summed E-state index contributed by atoms with van der Waals surface area (Å²) in [6.07, 6.45) is 0.928. The van der Waals surface area contributed by atoms with Crippen LogP contribution in [0.2, 0.25) is 0 Å². The smallest absolute Gasteiger partial charge is 0.408 e. The Labute approximate surface area is 126 Å². The van der Waals surface area contributed by atoms with Crippen LogP contribution in [-0.2, 0) is 11.3 Å². The lowest BCUT2D eigenvalue weighted by Crippen LogP contribution is -2.32. The molecule has 0 aliphatic heterocycles. The van der Waals surface area contributed by atoms with Gasteiger partial charge in [0, 0.05) is 5.56 Å². The van der Waals surface area contributed by atoms with Gasteiger partial charge in [0.15, 0.2) is 11.6 Å². The van der Waals surface area contributed by atoms with Crippen molar-refractivity contribution in [3.05, 3.63) is 41.9 Å². The van der Waals surface area contributed by atoms with E-state index in [2.05, 4.69) is 15.3 Å². The molecule has 0 unspecified atom stereocenters. The first-order chi connectivity index (χ1) is 10.2. The molecule has 0 atom stereocenters. The van der Waals surface area contributed by atoms with Gasteiger partial charge < -0.3 is 15.0 Å². The van der Waals surface area contributed by atoms with Gasteiger partial charge in [0.2, 0.25) is 0 Å². The number of H-pyrrole nitrogens is 1. The number of hydrogen-bond donors (Lipinski definition) is 2. The number of benzene rings is 1. The summed E-state index contributed by atoms with van der Waals surface area (Å²) < 4.78 is 31.2. The fourth-order valence-electron chi connectivity index (χ4n) is 1.73. The van der Waals surface area contributed by atoms with E-state index in [9.17, 15) is 13.6 Å².